The molecule has 0 atom stereocenters. The first-order valence-corrected chi connectivity index (χ1v) is 3.91. The predicted molar refractivity (Wildman–Crippen MR) is 50.7 cm³/mol. The van der Waals surface area contributed by atoms with E-state index in [2.05, 4.69) is 5.73 Å². The molecule has 0 fully saturated rings. The van der Waals surface area contributed by atoms with Crippen molar-refractivity contribution in [2.75, 3.05) is 6.61 Å². The lowest BCUT2D eigenvalue weighted by atomic mass is 10.2. The van der Waals surface area contributed by atoms with Gasteiger partial charge in [-0.05, 0) is 24.1 Å². The van der Waals surface area contributed by atoms with Crippen LogP contribution in [-0.2, 0) is 0 Å². The fourth-order valence-corrected chi connectivity index (χ4v) is 0.801. The topological polar surface area (TPSA) is 20.2 Å². The fraction of sp³-hybridized carbons (Fsp3) is 0.182. The lowest BCUT2D eigenvalue weighted by Gasteiger charge is -1.88. The zero-order valence-corrected chi connectivity index (χ0v) is 7.12. The lowest BCUT2D eigenvalue weighted by molar-refractivity contribution is 0.332. The van der Waals surface area contributed by atoms with Crippen LogP contribution < -0.4 is 0 Å². The largest absolute Gasteiger partial charge is 0.391 e. The molecular formula is C11H12O. The summed E-state index contributed by atoms with van der Waals surface area (Å²) in [5.74, 6) is 0. The van der Waals surface area contributed by atoms with Crippen LogP contribution in [0, 0.1) is 0 Å². The number of hydrogen-bond donors (Lipinski definition) is 1. The molecule has 0 aliphatic heterocycles. The smallest absolute Gasteiger partial charge is 0.0713 e. The highest BCUT2D eigenvalue weighted by Crippen LogP contribution is 2.00. The van der Waals surface area contributed by atoms with Gasteiger partial charge in [0.25, 0.3) is 0 Å². The standard InChI is InChI=1S/C11H12O/c1-10(9-12)7-8-11-5-3-2-4-6-11/h2-6,8,12H,9H2,1H3. The maximum Gasteiger partial charge on any atom is 0.0713 e. The first-order valence-electron chi connectivity index (χ1n) is 3.91. The van der Waals surface area contributed by atoms with Crippen molar-refractivity contribution in [3.63, 3.8) is 0 Å². The van der Waals surface area contributed by atoms with Crippen molar-refractivity contribution in [1.82, 2.24) is 0 Å². The van der Waals surface area contributed by atoms with Crippen molar-refractivity contribution in [3.8, 4) is 0 Å². The molecule has 0 spiro atoms. The summed E-state index contributed by atoms with van der Waals surface area (Å²) in [5, 5.41) is 8.69. The first-order chi connectivity index (χ1) is 5.83. The van der Waals surface area contributed by atoms with Crippen molar-refractivity contribution < 1.29 is 5.11 Å². The predicted octanol–water partition coefficient (Wildman–Crippen LogP) is 2.24. The number of benzene rings is 1. The summed E-state index contributed by atoms with van der Waals surface area (Å²) in [4.78, 5) is 0. The lowest BCUT2D eigenvalue weighted by Crippen LogP contribution is -1.79. The Morgan fingerprint density at radius 1 is 1.42 bits per heavy atom. The quantitative estimate of drug-likeness (QED) is 0.658. The highest BCUT2D eigenvalue weighted by Gasteiger charge is 1.82. The summed E-state index contributed by atoms with van der Waals surface area (Å²) >= 11 is 0. The van der Waals surface area contributed by atoms with Crippen LogP contribution in [0.15, 0.2) is 41.6 Å². The molecule has 62 valence electrons. The molecule has 1 N–H and O–H groups in total. The molecule has 0 aliphatic rings. The second kappa shape index (κ2) is 4.55. The Morgan fingerprint density at radius 3 is 2.67 bits per heavy atom. The Kier molecular flexibility index (Phi) is 3.34. The van der Waals surface area contributed by atoms with Crippen LogP contribution in [-0.4, -0.2) is 11.7 Å². The van der Waals surface area contributed by atoms with E-state index < -0.39 is 0 Å². The molecule has 0 aromatic heterocycles. The van der Waals surface area contributed by atoms with Gasteiger partial charge in [0.2, 0.25) is 0 Å². The molecule has 0 aliphatic carbocycles. The van der Waals surface area contributed by atoms with Gasteiger partial charge in [0, 0.05) is 0 Å². The minimum Gasteiger partial charge on any atom is -0.391 e. The molecular weight excluding hydrogens is 148 g/mol. The van der Waals surface area contributed by atoms with Crippen molar-refractivity contribution in [3.05, 3.63) is 47.2 Å². The molecule has 0 saturated heterocycles. The van der Waals surface area contributed by atoms with E-state index in [4.69, 9.17) is 5.11 Å². The highest BCUT2D eigenvalue weighted by atomic mass is 16.3. The molecule has 1 rings (SSSR count). The first kappa shape index (κ1) is 8.79. The molecule has 12 heavy (non-hydrogen) atoms. The minimum atomic E-state index is 0.0728. The second-order valence-electron chi connectivity index (χ2n) is 2.64. The zero-order valence-electron chi connectivity index (χ0n) is 7.12. The van der Waals surface area contributed by atoms with E-state index in [9.17, 15) is 0 Å². The third kappa shape index (κ3) is 2.75. The van der Waals surface area contributed by atoms with Gasteiger partial charge in [-0.1, -0.05) is 30.3 Å². The van der Waals surface area contributed by atoms with E-state index in [0.717, 1.165) is 11.1 Å². The average molecular weight is 160 g/mol. The Bertz CT molecular complexity index is 292. The van der Waals surface area contributed by atoms with Crippen LogP contribution in [0.1, 0.15) is 12.5 Å². The normalized spacial score (nSPS) is 8.83. The molecule has 1 aromatic carbocycles. The van der Waals surface area contributed by atoms with Crippen LogP contribution >= 0.6 is 0 Å². The molecule has 0 bridgehead atoms. The molecule has 1 aromatic rings. The Morgan fingerprint density at radius 2 is 2.08 bits per heavy atom. The Balaban J connectivity index is 2.83. The third-order valence-electron chi connectivity index (χ3n) is 1.52. The Hall–Kier alpha value is -1.30. The summed E-state index contributed by atoms with van der Waals surface area (Å²) in [6.07, 6.45) is 1.87. The second-order valence-corrected chi connectivity index (χ2v) is 2.64. The van der Waals surface area contributed by atoms with Crippen molar-refractivity contribution in [1.29, 1.82) is 0 Å². The van der Waals surface area contributed by atoms with Gasteiger partial charge in [-0.25, -0.2) is 0 Å². The summed E-state index contributed by atoms with van der Waals surface area (Å²) < 4.78 is 0. The molecule has 0 unspecified atom stereocenters. The molecule has 1 nitrogen and oxygen atoms in total. The molecule has 0 amide bonds. The van der Waals surface area contributed by atoms with Crippen molar-refractivity contribution in [2.24, 2.45) is 0 Å². The van der Waals surface area contributed by atoms with Crippen LogP contribution in [0.4, 0.5) is 0 Å². The average Bonchev–Trinajstić information content (AvgIpc) is 2.16. The van der Waals surface area contributed by atoms with Gasteiger partial charge in [-0.15, -0.1) is 5.73 Å². The van der Waals surface area contributed by atoms with Crippen LogP contribution in [0.25, 0.3) is 6.08 Å². The van der Waals surface area contributed by atoms with Gasteiger partial charge in [0.1, 0.15) is 0 Å². The monoisotopic (exact) mass is 160 g/mol. The summed E-state index contributed by atoms with van der Waals surface area (Å²) in [6.45, 7) is 1.92. The van der Waals surface area contributed by atoms with Gasteiger partial charge >= 0.3 is 0 Å². The molecule has 0 radical (unpaired) electrons. The molecule has 0 heterocycles. The van der Waals surface area contributed by atoms with Crippen LogP contribution in [0.2, 0.25) is 0 Å². The van der Waals surface area contributed by atoms with E-state index in [1.807, 2.05) is 43.3 Å². The van der Waals surface area contributed by atoms with Crippen LogP contribution in [0.3, 0.4) is 0 Å². The van der Waals surface area contributed by atoms with E-state index in [-0.39, 0.29) is 6.61 Å². The van der Waals surface area contributed by atoms with E-state index in [1.165, 1.54) is 0 Å². The third-order valence-corrected chi connectivity index (χ3v) is 1.52. The zero-order chi connectivity index (χ0) is 8.81. The fourth-order valence-electron chi connectivity index (χ4n) is 0.801. The maximum absolute atomic E-state index is 8.69. The summed E-state index contributed by atoms with van der Waals surface area (Å²) in [6, 6.07) is 9.92. The van der Waals surface area contributed by atoms with Gasteiger partial charge < -0.3 is 5.11 Å². The van der Waals surface area contributed by atoms with E-state index in [1.54, 1.807) is 0 Å². The van der Waals surface area contributed by atoms with E-state index in [0.29, 0.717) is 0 Å². The van der Waals surface area contributed by atoms with Crippen molar-refractivity contribution in [2.45, 2.75) is 6.92 Å². The van der Waals surface area contributed by atoms with E-state index >= 15 is 0 Å². The SMILES string of the molecule is CC(=C=Cc1ccccc1)CO. The number of aliphatic hydroxyl groups excluding tert-OH is 1. The van der Waals surface area contributed by atoms with Gasteiger partial charge in [0.05, 0.1) is 6.61 Å². The van der Waals surface area contributed by atoms with Crippen molar-refractivity contribution >= 4 is 6.08 Å². The number of hydrogen-bond acceptors (Lipinski definition) is 1. The summed E-state index contributed by atoms with van der Waals surface area (Å²) in [7, 11) is 0. The van der Waals surface area contributed by atoms with Crippen LogP contribution in [0.5, 0.6) is 0 Å². The molecule has 1 heteroatoms. The van der Waals surface area contributed by atoms with Gasteiger partial charge in [0.15, 0.2) is 0 Å². The number of aliphatic hydroxyl groups is 1. The highest BCUT2D eigenvalue weighted by molar-refractivity contribution is 5.48. The minimum absolute atomic E-state index is 0.0728. The Labute approximate surface area is 72.7 Å². The summed E-state index contributed by atoms with van der Waals surface area (Å²) in [5.41, 5.74) is 4.94. The molecule has 0 saturated carbocycles. The maximum atomic E-state index is 8.69. The van der Waals surface area contributed by atoms with Gasteiger partial charge in [-0.2, -0.15) is 0 Å². The van der Waals surface area contributed by atoms with Gasteiger partial charge in [-0.3, -0.25) is 0 Å². The number of rotatable bonds is 2.